The molecule has 0 aromatic heterocycles. The van der Waals surface area contributed by atoms with Crippen LogP contribution >= 0.6 is 15.9 Å². The van der Waals surface area contributed by atoms with Crippen molar-refractivity contribution in [3.05, 3.63) is 27.7 Å². The Morgan fingerprint density at radius 3 is 2.61 bits per heavy atom. The van der Waals surface area contributed by atoms with Crippen LogP contribution in [0.25, 0.3) is 0 Å². The summed E-state index contributed by atoms with van der Waals surface area (Å²) in [5, 5.41) is 9.84. The summed E-state index contributed by atoms with van der Waals surface area (Å²) in [6, 6.07) is 0.158. The van der Waals surface area contributed by atoms with Gasteiger partial charge in [0, 0.05) is 19.3 Å². The van der Waals surface area contributed by atoms with E-state index in [9.17, 15) is 13.9 Å². The topological polar surface area (TPSA) is 55.5 Å². The normalized spacial score (nSPS) is 18.9. The molecule has 1 atom stereocenters. The second-order valence-corrected chi connectivity index (χ2v) is 5.25. The lowest BCUT2D eigenvalue weighted by molar-refractivity contribution is 0.0576. The van der Waals surface area contributed by atoms with E-state index in [0.717, 1.165) is 6.07 Å². The molecular formula is C12H14BrF2NO2. The molecule has 6 heteroatoms. The molecule has 1 aliphatic rings. The average Bonchev–Trinajstić information content (AvgIpc) is 2.37. The van der Waals surface area contributed by atoms with Crippen molar-refractivity contribution in [1.82, 2.24) is 0 Å². The molecule has 100 valence electrons. The van der Waals surface area contributed by atoms with Gasteiger partial charge in [-0.3, -0.25) is 0 Å². The van der Waals surface area contributed by atoms with E-state index < -0.39 is 17.7 Å². The first kappa shape index (κ1) is 13.7. The van der Waals surface area contributed by atoms with Crippen LogP contribution in [0.4, 0.5) is 8.78 Å². The van der Waals surface area contributed by atoms with Crippen LogP contribution in [0.5, 0.6) is 5.75 Å². The van der Waals surface area contributed by atoms with Gasteiger partial charge in [0.2, 0.25) is 0 Å². The van der Waals surface area contributed by atoms with E-state index >= 15 is 0 Å². The summed E-state index contributed by atoms with van der Waals surface area (Å²) in [5.74, 6) is -2.44. The Bertz CT molecular complexity index is 424. The third kappa shape index (κ3) is 2.50. The quantitative estimate of drug-likeness (QED) is 0.823. The molecule has 1 aromatic rings. The molecule has 1 heterocycles. The van der Waals surface area contributed by atoms with Gasteiger partial charge in [0.1, 0.15) is 5.75 Å². The van der Waals surface area contributed by atoms with Gasteiger partial charge in [-0.2, -0.15) is 0 Å². The van der Waals surface area contributed by atoms with E-state index in [-0.39, 0.29) is 21.7 Å². The smallest absolute Gasteiger partial charge is 0.167 e. The van der Waals surface area contributed by atoms with Crippen molar-refractivity contribution in [1.29, 1.82) is 0 Å². The van der Waals surface area contributed by atoms with Crippen molar-refractivity contribution in [2.45, 2.75) is 18.9 Å². The maximum absolute atomic E-state index is 13.8. The van der Waals surface area contributed by atoms with Gasteiger partial charge in [-0.15, -0.1) is 0 Å². The van der Waals surface area contributed by atoms with E-state index in [0.29, 0.717) is 26.1 Å². The molecular weight excluding hydrogens is 308 g/mol. The lowest BCUT2D eigenvalue weighted by Gasteiger charge is -2.28. The molecule has 1 aliphatic heterocycles. The third-order valence-electron chi connectivity index (χ3n) is 3.29. The highest BCUT2D eigenvalue weighted by Gasteiger charge is 2.29. The van der Waals surface area contributed by atoms with E-state index in [4.69, 9.17) is 10.5 Å². The van der Waals surface area contributed by atoms with Crippen LogP contribution in [0.1, 0.15) is 24.4 Å². The number of hydrogen-bond donors (Lipinski definition) is 2. The van der Waals surface area contributed by atoms with Crippen molar-refractivity contribution >= 4 is 15.9 Å². The molecule has 1 fully saturated rings. The van der Waals surface area contributed by atoms with Crippen LogP contribution in [-0.4, -0.2) is 18.3 Å². The number of phenolic OH excluding ortho intramolecular Hbond substituents is 1. The van der Waals surface area contributed by atoms with E-state index in [2.05, 4.69) is 15.9 Å². The first-order valence-corrected chi connectivity index (χ1v) is 6.51. The molecule has 0 spiro atoms. The third-order valence-corrected chi connectivity index (χ3v) is 3.89. The Kier molecular flexibility index (Phi) is 4.19. The maximum Gasteiger partial charge on any atom is 0.167 e. The Morgan fingerprint density at radius 1 is 1.39 bits per heavy atom. The Balaban J connectivity index is 2.37. The van der Waals surface area contributed by atoms with Gasteiger partial charge in [-0.05, 0) is 40.8 Å². The first-order chi connectivity index (χ1) is 8.52. The summed E-state index contributed by atoms with van der Waals surface area (Å²) in [7, 11) is 0. The molecule has 0 radical (unpaired) electrons. The highest BCUT2D eigenvalue weighted by molar-refractivity contribution is 9.10. The molecule has 18 heavy (non-hydrogen) atoms. The maximum atomic E-state index is 13.8. The summed E-state index contributed by atoms with van der Waals surface area (Å²) in [4.78, 5) is 0. The van der Waals surface area contributed by atoms with Crippen molar-refractivity contribution in [2.24, 2.45) is 11.7 Å². The number of benzene rings is 1. The zero-order valence-corrected chi connectivity index (χ0v) is 11.2. The fraction of sp³-hybridized carbons (Fsp3) is 0.500. The molecule has 0 amide bonds. The minimum absolute atomic E-state index is 0.0205. The van der Waals surface area contributed by atoms with Crippen LogP contribution in [0.2, 0.25) is 0 Å². The molecule has 1 saturated heterocycles. The lowest BCUT2D eigenvalue weighted by Crippen LogP contribution is -2.28. The SMILES string of the molecule is N[C@@H](c1c(O)c(Br)cc(F)c1F)C1CCOCC1. The number of nitrogens with two attached hydrogens (primary N) is 1. The van der Waals surface area contributed by atoms with Gasteiger partial charge in [0.25, 0.3) is 0 Å². The Labute approximate surface area is 112 Å². The minimum Gasteiger partial charge on any atom is -0.506 e. The van der Waals surface area contributed by atoms with E-state index in [1.165, 1.54) is 0 Å². The fourth-order valence-corrected chi connectivity index (χ4v) is 2.63. The summed E-state index contributed by atoms with van der Waals surface area (Å²) < 4.78 is 32.4. The van der Waals surface area contributed by atoms with Gasteiger partial charge in [0.05, 0.1) is 10.0 Å². The fourth-order valence-electron chi connectivity index (χ4n) is 2.22. The number of rotatable bonds is 2. The van der Waals surface area contributed by atoms with Crippen LogP contribution in [-0.2, 0) is 4.74 Å². The molecule has 0 bridgehead atoms. The zero-order chi connectivity index (χ0) is 13.3. The average molecular weight is 322 g/mol. The predicted octanol–water partition coefficient (Wildman–Crippen LogP) is 2.86. The molecule has 0 saturated carbocycles. The predicted molar refractivity (Wildman–Crippen MR) is 66.2 cm³/mol. The zero-order valence-electron chi connectivity index (χ0n) is 9.63. The second-order valence-electron chi connectivity index (χ2n) is 4.39. The molecule has 2 rings (SSSR count). The molecule has 1 aromatic carbocycles. The summed E-state index contributed by atoms with van der Waals surface area (Å²) in [5.41, 5.74) is 5.81. The van der Waals surface area contributed by atoms with E-state index in [1.54, 1.807) is 0 Å². The highest BCUT2D eigenvalue weighted by atomic mass is 79.9. The summed E-state index contributed by atoms with van der Waals surface area (Å²) in [6.07, 6.45) is 1.35. The van der Waals surface area contributed by atoms with E-state index in [1.807, 2.05) is 0 Å². The standard InChI is InChI=1S/C12H14BrF2NO2/c13-7-5-8(14)10(15)9(12(7)17)11(16)6-1-3-18-4-2-6/h5-6,11,17H,1-4,16H2/t11-/m1/s1. The molecule has 3 nitrogen and oxygen atoms in total. The largest absolute Gasteiger partial charge is 0.506 e. The van der Waals surface area contributed by atoms with Gasteiger partial charge >= 0.3 is 0 Å². The van der Waals surface area contributed by atoms with Gasteiger partial charge in [0.15, 0.2) is 11.6 Å². The number of ether oxygens (including phenoxy) is 1. The first-order valence-electron chi connectivity index (χ1n) is 5.72. The van der Waals surface area contributed by atoms with Crippen molar-refractivity contribution < 1.29 is 18.6 Å². The van der Waals surface area contributed by atoms with Gasteiger partial charge in [-0.1, -0.05) is 0 Å². The number of halogens is 3. The van der Waals surface area contributed by atoms with Crippen LogP contribution in [0, 0.1) is 17.6 Å². The number of aromatic hydroxyl groups is 1. The lowest BCUT2D eigenvalue weighted by atomic mass is 9.87. The monoisotopic (exact) mass is 321 g/mol. The molecule has 0 aliphatic carbocycles. The highest BCUT2D eigenvalue weighted by Crippen LogP contribution is 2.39. The van der Waals surface area contributed by atoms with Crippen molar-refractivity contribution in [2.75, 3.05) is 13.2 Å². The summed E-state index contributed by atoms with van der Waals surface area (Å²) in [6.45, 7) is 1.11. The van der Waals surface area contributed by atoms with Crippen LogP contribution < -0.4 is 5.73 Å². The van der Waals surface area contributed by atoms with Crippen molar-refractivity contribution in [3.63, 3.8) is 0 Å². The minimum atomic E-state index is -1.07. The van der Waals surface area contributed by atoms with Gasteiger partial charge < -0.3 is 15.6 Å². The second kappa shape index (κ2) is 5.50. The molecule has 0 unspecified atom stereocenters. The number of phenols is 1. The summed E-state index contributed by atoms with van der Waals surface area (Å²) >= 11 is 2.99. The van der Waals surface area contributed by atoms with Gasteiger partial charge in [-0.25, -0.2) is 8.78 Å². The Hall–Kier alpha value is -0.720. The molecule has 3 N–H and O–H groups in total. The van der Waals surface area contributed by atoms with Crippen molar-refractivity contribution in [3.8, 4) is 5.75 Å². The number of hydrogen-bond acceptors (Lipinski definition) is 3. The van der Waals surface area contributed by atoms with Crippen LogP contribution in [0.15, 0.2) is 10.5 Å². The van der Waals surface area contributed by atoms with Crippen LogP contribution in [0.3, 0.4) is 0 Å². The Morgan fingerprint density at radius 2 is 2.00 bits per heavy atom.